The van der Waals surface area contributed by atoms with Crippen LogP contribution in [0.4, 0.5) is 24.7 Å². The number of ketones is 1. The molecular formula is C19H18F3N3O3. The number of hydrogen-bond donors (Lipinski definition) is 1. The van der Waals surface area contributed by atoms with Gasteiger partial charge >= 0.3 is 12.1 Å². The van der Waals surface area contributed by atoms with Gasteiger partial charge < -0.3 is 10.1 Å². The lowest BCUT2D eigenvalue weighted by molar-refractivity contribution is -0.144. The maximum Gasteiger partial charge on any atom is 0.416 e. The Morgan fingerprint density at radius 1 is 1.29 bits per heavy atom. The zero-order valence-corrected chi connectivity index (χ0v) is 15.2. The van der Waals surface area contributed by atoms with Crippen LogP contribution in [0.25, 0.3) is 0 Å². The minimum Gasteiger partial charge on any atom is -0.465 e. The van der Waals surface area contributed by atoms with Crippen molar-refractivity contribution in [3.8, 4) is 0 Å². The Hall–Kier alpha value is -3.23. The lowest BCUT2D eigenvalue weighted by Gasteiger charge is -2.15. The molecule has 1 aromatic heterocycles. The Kier molecular flexibility index (Phi) is 6.86. The molecule has 0 fully saturated rings. The first-order valence-electron chi connectivity index (χ1n) is 8.30. The highest BCUT2D eigenvalue weighted by molar-refractivity contribution is 6.20. The molecule has 0 saturated heterocycles. The van der Waals surface area contributed by atoms with Crippen LogP contribution in [0, 0.1) is 5.92 Å². The number of nitrogens with one attached hydrogen (secondary N) is 1. The second-order valence-electron chi connectivity index (χ2n) is 5.60. The number of carbonyl (C=O) groups is 2. The van der Waals surface area contributed by atoms with E-state index in [1.165, 1.54) is 37.5 Å². The second kappa shape index (κ2) is 9.12. The van der Waals surface area contributed by atoms with Crippen molar-refractivity contribution in [1.82, 2.24) is 4.98 Å². The van der Waals surface area contributed by atoms with Crippen LogP contribution in [0.15, 0.2) is 47.6 Å². The van der Waals surface area contributed by atoms with Crippen LogP contribution in [0.1, 0.15) is 22.8 Å². The van der Waals surface area contributed by atoms with Crippen molar-refractivity contribution in [2.75, 3.05) is 19.0 Å². The molecule has 1 atom stereocenters. The van der Waals surface area contributed by atoms with Crippen molar-refractivity contribution in [1.29, 1.82) is 0 Å². The number of Topliss-reactive ketones (excluding diaryl/α,β-unsaturated/α-hetero) is 1. The molecule has 2 aromatic rings. The molecule has 9 heteroatoms. The van der Waals surface area contributed by atoms with Crippen LogP contribution in [-0.4, -0.2) is 36.6 Å². The molecule has 1 unspecified atom stereocenters. The first kappa shape index (κ1) is 21.1. The van der Waals surface area contributed by atoms with Gasteiger partial charge in [0.25, 0.3) is 0 Å². The fraction of sp³-hybridized carbons (Fsp3) is 0.263. The Balaban J connectivity index is 2.37. The van der Waals surface area contributed by atoms with Crippen LogP contribution in [0.5, 0.6) is 0 Å². The summed E-state index contributed by atoms with van der Waals surface area (Å²) >= 11 is 0. The number of aromatic nitrogens is 1. The maximum absolute atomic E-state index is 12.9. The summed E-state index contributed by atoms with van der Waals surface area (Å²) in [4.78, 5) is 32.7. The van der Waals surface area contributed by atoms with Gasteiger partial charge in [-0.3, -0.25) is 14.6 Å². The molecule has 1 N–H and O–H groups in total. The number of hydrogen-bond acceptors (Lipinski definition) is 6. The van der Waals surface area contributed by atoms with E-state index in [2.05, 4.69) is 15.3 Å². The summed E-state index contributed by atoms with van der Waals surface area (Å²) in [6, 6.07) is 7.38. The summed E-state index contributed by atoms with van der Waals surface area (Å²) in [5.41, 5.74) is -0.721. The fourth-order valence-corrected chi connectivity index (χ4v) is 2.40. The molecule has 0 radical (unpaired) electrons. The summed E-state index contributed by atoms with van der Waals surface area (Å²) in [5, 5.41) is 2.71. The summed E-state index contributed by atoms with van der Waals surface area (Å²) in [6.45, 7) is 1.69. The van der Waals surface area contributed by atoms with Gasteiger partial charge in [-0.05, 0) is 37.3 Å². The van der Waals surface area contributed by atoms with Crippen LogP contribution in [-0.2, 0) is 15.7 Å². The molecule has 148 valence electrons. The molecule has 1 aromatic carbocycles. The number of aliphatic imine (C=N–C) groups is 1. The van der Waals surface area contributed by atoms with Crippen LogP contribution in [0.2, 0.25) is 0 Å². The summed E-state index contributed by atoms with van der Waals surface area (Å²) in [5.74, 6) is -2.67. The summed E-state index contributed by atoms with van der Waals surface area (Å²) in [6.07, 6.45) is -1.98. The number of rotatable bonds is 7. The predicted octanol–water partition coefficient (Wildman–Crippen LogP) is 3.91. The van der Waals surface area contributed by atoms with Gasteiger partial charge in [0.1, 0.15) is 5.82 Å². The van der Waals surface area contributed by atoms with Gasteiger partial charge in [-0.15, -0.1) is 0 Å². The van der Waals surface area contributed by atoms with E-state index in [0.717, 1.165) is 18.3 Å². The Bertz CT molecular complexity index is 882. The molecule has 0 bridgehead atoms. The summed E-state index contributed by atoms with van der Waals surface area (Å²) < 4.78 is 43.6. The minimum atomic E-state index is -4.51. The van der Waals surface area contributed by atoms with E-state index in [1.807, 2.05) is 0 Å². The van der Waals surface area contributed by atoms with Gasteiger partial charge in [0.15, 0.2) is 11.7 Å². The Labute approximate surface area is 159 Å². The van der Waals surface area contributed by atoms with Gasteiger partial charge in [0, 0.05) is 25.1 Å². The number of benzene rings is 1. The first-order chi connectivity index (χ1) is 13.3. The Morgan fingerprint density at radius 3 is 2.68 bits per heavy atom. The number of nitrogens with zero attached hydrogens (tertiary/aromatic N) is 2. The quantitative estimate of drug-likeness (QED) is 0.334. The maximum atomic E-state index is 12.9. The fourth-order valence-electron chi connectivity index (χ4n) is 2.40. The van der Waals surface area contributed by atoms with E-state index in [4.69, 9.17) is 4.74 Å². The van der Waals surface area contributed by atoms with Crippen molar-refractivity contribution in [2.24, 2.45) is 10.9 Å². The molecule has 1 heterocycles. The lowest BCUT2D eigenvalue weighted by atomic mass is 9.99. The highest BCUT2D eigenvalue weighted by Crippen LogP contribution is 2.31. The Morgan fingerprint density at radius 2 is 2.04 bits per heavy atom. The van der Waals surface area contributed by atoms with E-state index >= 15 is 0 Å². The van der Waals surface area contributed by atoms with Crippen LogP contribution < -0.4 is 5.32 Å². The molecule has 0 saturated carbocycles. The average Bonchev–Trinajstić information content (AvgIpc) is 2.66. The first-order valence-corrected chi connectivity index (χ1v) is 8.30. The van der Waals surface area contributed by atoms with Crippen molar-refractivity contribution >= 4 is 29.5 Å². The number of anilines is 2. The van der Waals surface area contributed by atoms with E-state index in [-0.39, 0.29) is 23.7 Å². The number of ether oxygens (including phenoxy) is 1. The van der Waals surface area contributed by atoms with Crippen LogP contribution >= 0.6 is 0 Å². The van der Waals surface area contributed by atoms with Crippen molar-refractivity contribution in [3.05, 3.63) is 53.7 Å². The molecule has 0 spiro atoms. The molecule has 0 aliphatic carbocycles. The van der Waals surface area contributed by atoms with E-state index in [0.29, 0.717) is 0 Å². The predicted molar refractivity (Wildman–Crippen MR) is 97.8 cm³/mol. The van der Waals surface area contributed by atoms with Gasteiger partial charge in [-0.2, -0.15) is 13.2 Å². The standard InChI is InChI=1S/C19H18F3N3O3/c1-3-28-18(27)15(11-23-2)16(26)14-8-5-9-24-17(14)25-13-7-4-6-12(10-13)19(20,21)22/h4-11,15H,3H2,1-2H3,(H,24,25). The minimum absolute atomic E-state index is 0.0191. The number of esters is 1. The number of halogens is 3. The molecule has 0 amide bonds. The van der Waals surface area contributed by atoms with Gasteiger partial charge in [0.2, 0.25) is 0 Å². The third kappa shape index (κ3) is 5.15. The largest absolute Gasteiger partial charge is 0.465 e. The molecule has 2 rings (SSSR count). The third-order valence-electron chi connectivity index (χ3n) is 3.65. The van der Waals surface area contributed by atoms with E-state index < -0.39 is 29.4 Å². The average molecular weight is 393 g/mol. The topological polar surface area (TPSA) is 80.7 Å². The normalized spacial score (nSPS) is 12.6. The zero-order chi connectivity index (χ0) is 20.7. The highest BCUT2D eigenvalue weighted by Gasteiger charge is 2.31. The van der Waals surface area contributed by atoms with Crippen molar-refractivity contribution in [2.45, 2.75) is 13.1 Å². The van der Waals surface area contributed by atoms with Gasteiger partial charge in [0.05, 0.1) is 17.7 Å². The van der Waals surface area contributed by atoms with Gasteiger partial charge in [-0.1, -0.05) is 6.07 Å². The monoisotopic (exact) mass is 393 g/mol. The molecule has 28 heavy (non-hydrogen) atoms. The number of carbonyl (C=O) groups excluding carboxylic acids is 2. The lowest BCUT2D eigenvalue weighted by Crippen LogP contribution is -2.28. The third-order valence-corrected chi connectivity index (χ3v) is 3.65. The van der Waals surface area contributed by atoms with Crippen molar-refractivity contribution in [3.63, 3.8) is 0 Å². The van der Waals surface area contributed by atoms with Crippen molar-refractivity contribution < 1.29 is 27.5 Å². The molecular weight excluding hydrogens is 375 g/mol. The van der Waals surface area contributed by atoms with Crippen LogP contribution in [0.3, 0.4) is 0 Å². The molecule has 0 aliphatic rings. The summed E-state index contributed by atoms with van der Waals surface area (Å²) in [7, 11) is 1.41. The highest BCUT2D eigenvalue weighted by atomic mass is 19.4. The zero-order valence-electron chi connectivity index (χ0n) is 15.2. The second-order valence-corrected chi connectivity index (χ2v) is 5.60. The van der Waals surface area contributed by atoms with Gasteiger partial charge in [-0.25, -0.2) is 4.98 Å². The van der Waals surface area contributed by atoms with E-state index in [1.54, 1.807) is 6.92 Å². The van der Waals surface area contributed by atoms with E-state index in [9.17, 15) is 22.8 Å². The molecule has 0 aliphatic heterocycles. The number of alkyl halides is 3. The number of pyridine rings is 1. The smallest absolute Gasteiger partial charge is 0.416 e. The SMILES string of the molecule is CCOC(=O)C(C=NC)C(=O)c1cccnc1Nc1cccc(C(F)(F)F)c1. The molecule has 6 nitrogen and oxygen atoms in total.